The van der Waals surface area contributed by atoms with Gasteiger partial charge in [0.25, 0.3) is 0 Å². The van der Waals surface area contributed by atoms with E-state index in [2.05, 4.69) is 147 Å². The van der Waals surface area contributed by atoms with Gasteiger partial charge in [-0.15, -0.1) is 23.8 Å². The molecule has 0 unspecified atom stereocenters. The Kier molecular flexibility index (Phi) is 11.2. The van der Waals surface area contributed by atoms with Crippen LogP contribution in [-0.2, 0) is 26.5 Å². The zero-order valence-electron chi connectivity index (χ0n) is 28.8. The minimum absolute atomic E-state index is 0. The molecular weight excluding hydrogens is 841 g/mol. The van der Waals surface area contributed by atoms with Crippen molar-refractivity contribution in [3.05, 3.63) is 139 Å². The van der Waals surface area contributed by atoms with Gasteiger partial charge in [-0.2, -0.15) is 11.3 Å². The van der Waals surface area contributed by atoms with Gasteiger partial charge in [-0.3, -0.25) is 0 Å². The van der Waals surface area contributed by atoms with Gasteiger partial charge in [0.2, 0.25) is 0 Å². The van der Waals surface area contributed by atoms with Crippen molar-refractivity contribution in [2.24, 2.45) is 5.41 Å². The standard InChI is InChI=1S/C28H24NS.C15H18GeN.Ir/c1-28(2,3)18-19-14-15-29-25(16-19)24-11-7-10-23-22-13-12-21(17-26(22)30-27(23)24)20-8-5-4-6-9-20;1-12-10-15(13-8-6-5-7-9-13)17-11-14(12)16(2,3)4;/h4-10,12-17H,18H2,1-3H3;5-8,10-11H,1-4H3;/q2*-1;. The molecule has 0 bridgehead atoms. The van der Waals surface area contributed by atoms with Crippen LogP contribution in [0.1, 0.15) is 31.9 Å². The average molecular weight is 884 g/mol. The van der Waals surface area contributed by atoms with E-state index in [4.69, 9.17) is 4.98 Å². The summed E-state index contributed by atoms with van der Waals surface area (Å²) in [4.78, 5) is 9.29. The summed E-state index contributed by atoms with van der Waals surface area (Å²) in [6, 6.07) is 42.8. The average Bonchev–Trinajstić information content (AvgIpc) is 3.43. The van der Waals surface area contributed by atoms with Crippen LogP contribution in [0.25, 0.3) is 53.8 Å². The molecule has 0 atom stereocenters. The molecule has 7 aromatic rings. The third kappa shape index (κ3) is 8.41. The molecule has 0 aliphatic rings. The Morgan fingerprint density at radius 2 is 1.50 bits per heavy atom. The summed E-state index contributed by atoms with van der Waals surface area (Å²) in [5.41, 5.74) is 9.67. The van der Waals surface area contributed by atoms with E-state index in [1.54, 1.807) is 0 Å². The molecule has 0 fully saturated rings. The summed E-state index contributed by atoms with van der Waals surface area (Å²) >= 11 is 0.0671. The van der Waals surface area contributed by atoms with Crippen molar-refractivity contribution in [3.8, 4) is 33.6 Å². The predicted molar refractivity (Wildman–Crippen MR) is 206 cm³/mol. The molecule has 0 N–H and O–H groups in total. The number of hydrogen-bond donors (Lipinski definition) is 0. The Hall–Kier alpha value is -3.41. The Morgan fingerprint density at radius 1 is 0.729 bits per heavy atom. The van der Waals surface area contributed by atoms with Gasteiger partial charge in [-0.1, -0.05) is 80.3 Å². The van der Waals surface area contributed by atoms with Gasteiger partial charge in [0.15, 0.2) is 0 Å². The molecular formula is C43H42GeIrN2S-2. The van der Waals surface area contributed by atoms with E-state index in [0.717, 1.165) is 28.9 Å². The van der Waals surface area contributed by atoms with Gasteiger partial charge in [0.1, 0.15) is 0 Å². The fourth-order valence-corrected chi connectivity index (χ4v) is 10.9. The summed E-state index contributed by atoms with van der Waals surface area (Å²) in [5.74, 6) is 7.20. The molecule has 3 heterocycles. The number of rotatable bonds is 5. The number of aryl methyl sites for hydroxylation is 1. The van der Waals surface area contributed by atoms with Gasteiger partial charge in [-0.25, -0.2) is 0 Å². The smallest absolute Gasteiger partial charge is 0 e. The van der Waals surface area contributed by atoms with E-state index in [1.807, 2.05) is 41.8 Å². The number of pyridine rings is 2. The first-order chi connectivity index (χ1) is 22.5. The molecule has 4 aromatic carbocycles. The SMILES string of the molecule is CC(C)(C)Cc1ccnc(-c2[c-]ccc3c2sc2cc(-c4ccccc4)ccc23)c1.Cc1cc(-c2[c-]cccc2)nc[c]1[Ge]([CH3])([CH3])[CH3].[Ir]. The molecule has 0 amide bonds. The third-order valence-electron chi connectivity index (χ3n) is 8.26. The zero-order chi connectivity index (χ0) is 33.2. The molecule has 5 heteroatoms. The fraction of sp³-hybridized carbons (Fsp3) is 0.209. The van der Waals surface area contributed by atoms with Gasteiger partial charge in [-0.05, 0) is 50.9 Å². The van der Waals surface area contributed by atoms with Crippen LogP contribution in [0, 0.1) is 24.5 Å². The molecule has 7 rings (SSSR count). The molecule has 0 aliphatic carbocycles. The van der Waals surface area contributed by atoms with Crippen LogP contribution in [0.4, 0.5) is 0 Å². The third-order valence-corrected chi connectivity index (χ3v) is 13.9. The second kappa shape index (κ2) is 15.0. The summed E-state index contributed by atoms with van der Waals surface area (Å²) in [6.07, 6.45) is 5.04. The molecule has 0 aliphatic heterocycles. The summed E-state index contributed by atoms with van der Waals surface area (Å²) in [7, 11) is 0. The molecule has 48 heavy (non-hydrogen) atoms. The van der Waals surface area contributed by atoms with Crippen molar-refractivity contribution < 1.29 is 20.1 Å². The van der Waals surface area contributed by atoms with Crippen molar-refractivity contribution in [3.63, 3.8) is 0 Å². The van der Waals surface area contributed by atoms with Crippen LogP contribution < -0.4 is 4.40 Å². The first kappa shape index (κ1) is 35.9. The van der Waals surface area contributed by atoms with Gasteiger partial charge in [0.05, 0.1) is 0 Å². The van der Waals surface area contributed by atoms with Crippen molar-refractivity contribution in [2.75, 3.05) is 0 Å². The van der Waals surface area contributed by atoms with Crippen LogP contribution in [-0.4, -0.2) is 23.2 Å². The Morgan fingerprint density at radius 3 is 2.19 bits per heavy atom. The van der Waals surface area contributed by atoms with E-state index >= 15 is 0 Å². The van der Waals surface area contributed by atoms with Crippen LogP contribution in [0.15, 0.2) is 116 Å². The Labute approximate surface area is 306 Å². The number of hydrogen-bond acceptors (Lipinski definition) is 3. The molecule has 245 valence electrons. The molecule has 0 saturated carbocycles. The Bertz CT molecular complexity index is 2140. The topological polar surface area (TPSA) is 25.8 Å². The van der Waals surface area contributed by atoms with Crippen LogP contribution in [0.3, 0.4) is 0 Å². The first-order valence-corrected chi connectivity index (χ1v) is 24.4. The van der Waals surface area contributed by atoms with Gasteiger partial charge >= 0.3 is 106 Å². The number of fused-ring (bicyclic) bond motifs is 3. The number of benzene rings is 4. The minimum atomic E-state index is -1.77. The van der Waals surface area contributed by atoms with Gasteiger partial charge < -0.3 is 4.98 Å². The maximum Gasteiger partial charge on any atom is 0 e. The second-order valence-electron chi connectivity index (χ2n) is 14.5. The van der Waals surface area contributed by atoms with Crippen LogP contribution >= 0.6 is 11.3 Å². The number of nitrogens with zero attached hydrogens (tertiary/aromatic N) is 2. The molecule has 2 nitrogen and oxygen atoms in total. The number of aromatic nitrogens is 2. The fourth-order valence-electron chi connectivity index (χ4n) is 6.12. The largest absolute Gasteiger partial charge is 0 e. The summed E-state index contributed by atoms with van der Waals surface area (Å²) < 4.78 is 4.06. The van der Waals surface area contributed by atoms with Crippen molar-refractivity contribution >= 4 is 49.2 Å². The molecule has 0 spiro atoms. The zero-order valence-corrected chi connectivity index (χ0v) is 34.1. The first-order valence-electron chi connectivity index (χ1n) is 16.3. The quantitative estimate of drug-likeness (QED) is 0.127. The summed E-state index contributed by atoms with van der Waals surface area (Å²) in [5, 5.41) is 2.59. The van der Waals surface area contributed by atoms with E-state index in [0.29, 0.717) is 0 Å². The van der Waals surface area contributed by atoms with Crippen molar-refractivity contribution in [1.29, 1.82) is 0 Å². The number of thiophene rings is 1. The van der Waals surface area contributed by atoms with Crippen LogP contribution in [0.5, 0.6) is 0 Å². The van der Waals surface area contributed by atoms with Crippen molar-refractivity contribution in [2.45, 2.75) is 51.4 Å². The monoisotopic (exact) mass is 885 g/mol. The van der Waals surface area contributed by atoms with Gasteiger partial charge in [0, 0.05) is 31.0 Å². The normalized spacial score (nSPS) is 11.6. The van der Waals surface area contributed by atoms with E-state index < -0.39 is 13.3 Å². The van der Waals surface area contributed by atoms with Crippen molar-refractivity contribution in [1.82, 2.24) is 9.97 Å². The molecule has 3 aromatic heterocycles. The summed E-state index contributed by atoms with van der Waals surface area (Å²) in [6.45, 7) is 9.02. The Balaban J connectivity index is 0.000000214. The predicted octanol–water partition coefficient (Wildman–Crippen LogP) is 11.6. The minimum Gasteiger partial charge on any atom is 0 e. The van der Waals surface area contributed by atoms with E-state index in [-0.39, 0.29) is 25.5 Å². The maximum atomic E-state index is 4.70. The maximum absolute atomic E-state index is 4.70. The molecule has 0 saturated heterocycles. The van der Waals surface area contributed by atoms with Crippen LogP contribution in [0.2, 0.25) is 17.3 Å². The van der Waals surface area contributed by atoms with E-state index in [9.17, 15) is 0 Å². The second-order valence-corrected chi connectivity index (χ2v) is 26.1. The van der Waals surface area contributed by atoms with E-state index in [1.165, 1.54) is 46.8 Å². The molecule has 1 radical (unpaired) electrons.